The van der Waals surface area contributed by atoms with Crippen molar-refractivity contribution in [2.24, 2.45) is 0 Å². The lowest BCUT2D eigenvalue weighted by atomic mass is 10.1. The second-order valence-electron chi connectivity index (χ2n) is 5.24. The van der Waals surface area contributed by atoms with Gasteiger partial charge < -0.3 is 9.84 Å². The highest BCUT2D eigenvalue weighted by atomic mass is 19.1. The van der Waals surface area contributed by atoms with E-state index in [1.807, 2.05) is 12.1 Å². The average Bonchev–Trinajstić information content (AvgIpc) is 2.88. The summed E-state index contributed by atoms with van der Waals surface area (Å²) < 4.78 is 19.1. The van der Waals surface area contributed by atoms with Crippen molar-refractivity contribution in [2.75, 3.05) is 0 Å². The van der Waals surface area contributed by atoms with Crippen molar-refractivity contribution in [3.8, 4) is 11.5 Å². The van der Waals surface area contributed by atoms with Crippen LogP contribution in [0.25, 0.3) is 0 Å². The predicted octanol–water partition coefficient (Wildman–Crippen LogP) is 4.16. The smallest absolute Gasteiger partial charge is 0.133 e. The van der Waals surface area contributed by atoms with Crippen molar-refractivity contribution < 1.29 is 14.2 Å². The van der Waals surface area contributed by atoms with Crippen LogP contribution in [-0.2, 0) is 12.8 Å². The number of fused-ring (bicyclic) bond motifs is 1. The van der Waals surface area contributed by atoms with Crippen LogP contribution in [0.2, 0.25) is 0 Å². The lowest BCUT2D eigenvalue weighted by Crippen LogP contribution is -1.97. The van der Waals surface area contributed by atoms with Crippen LogP contribution >= 0.6 is 0 Å². The van der Waals surface area contributed by atoms with Gasteiger partial charge >= 0.3 is 0 Å². The van der Waals surface area contributed by atoms with Crippen LogP contribution in [-0.4, -0.2) is 5.11 Å². The minimum atomic E-state index is -0.768. The van der Waals surface area contributed by atoms with E-state index < -0.39 is 6.10 Å². The minimum Gasteiger partial charge on any atom is -0.457 e. The SMILES string of the molecule is CC(O)c1cc(F)ccc1Oc1ccc2c(c1)CCC2. The number of ether oxygens (including phenoxy) is 1. The number of benzene rings is 2. The van der Waals surface area contributed by atoms with Crippen molar-refractivity contribution in [1.82, 2.24) is 0 Å². The fourth-order valence-electron chi connectivity index (χ4n) is 2.68. The maximum absolute atomic E-state index is 13.3. The molecule has 0 bridgehead atoms. The quantitative estimate of drug-likeness (QED) is 0.909. The van der Waals surface area contributed by atoms with Crippen molar-refractivity contribution in [3.63, 3.8) is 0 Å². The van der Waals surface area contributed by atoms with Gasteiger partial charge in [-0.05, 0) is 67.6 Å². The van der Waals surface area contributed by atoms with Crippen molar-refractivity contribution >= 4 is 0 Å². The molecule has 104 valence electrons. The summed E-state index contributed by atoms with van der Waals surface area (Å²) in [6, 6.07) is 10.3. The molecule has 0 saturated heterocycles. The Labute approximate surface area is 117 Å². The van der Waals surface area contributed by atoms with Crippen LogP contribution in [0, 0.1) is 5.82 Å². The molecule has 2 aromatic rings. The van der Waals surface area contributed by atoms with Gasteiger partial charge in [0.15, 0.2) is 0 Å². The van der Waals surface area contributed by atoms with Crippen LogP contribution in [0.4, 0.5) is 4.39 Å². The van der Waals surface area contributed by atoms with Crippen molar-refractivity contribution in [2.45, 2.75) is 32.3 Å². The summed E-state index contributed by atoms with van der Waals surface area (Å²) in [7, 11) is 0. The largest absolute Gasteiger partial charge is 0.457 e. The van der Waals surface area contributed by atoms with Gasteiger partial charge in [0.1, 0.15) is 17.3 Å². The molecule has 2 nitrogen and oxygen atoms in total. The second kappa shape index (κ2) is 5.25. The average molecular weight is 272 g/mol. The molecule has 0 spiro atoms. The predicted molar refractivity (Wildman–Crippen MR) is 75.6 cm³/mol. The zero-order valence-electron chi connectivity index (χ0n) is 11.4. The van der Waals surface area contributed by atoms with Gasteiger partial charge in [-0.3, -0.25) is 0 Å². The number of rotatable bonds is 3. The maximum Gasteiger partial charge on any atom is 0.133 e. The minimum absolute atomic E-state index is 0.373. The van der Waals surface area contributed by atoms with Crippen molar-refractivity contribution in [1.29, 1.82) is 0 Å². The normalized spacial score (nSPS) is 14.9. The fourth-order valence-corrected chi connectivity index (χ4v) is 2.68. The third-order valence-corrected chi connectivity index (χ3v) is 3.72. The van der Waals surface area contributed by atoms with Gasteiger partial charge in [-0.1, -0.05) is 6.07 Å². The first kappa shape index (κ1) is 13.1. The number of aliphatic hydroxyl groups is 1. The van der Waals surface area contributed by atoms with E-state index in [1.165, 1.54) is 29.7 Å². The van der Waals surface area contributed by atoms with E-state index in [9.17, 15) is 9.50 Å². The molecule has 1 aliphatic rings. The Morgan fingerprint density at radius 1 is 1.10 bits per heavy atom. The van der Waals surface area contributed by atoms with Gasteiger partial charge in [-0.2, -0.15) is 0 Å². The molecule has 2 aromatic carbocycles. The van der Waals surface area contributed by atoms with E-state index >= 15 is 0 Å². The highest BCUT2D eigenvalue weighted by molar-refractivity contribution is 5.43. The van der Waals surface area contributed by atoms with E-state index in [4.69, 9.17) is 4.74 Å². The number of halogens is 1. The zero-order chi connectivity index (χ0) is 14.1. The van der Waals surface area contributed by atoms with Crippen LogP contribution in [0.15, 0.2) is 36.4 Å². The number of aliphatic hydroxyl groups excluding tert-OH is 1. The van der Waals surface area contributed by atoms with Crippen LogP contribution in [0.3, 0.4) is 0 Å². The number of hydrogen-bond acceptors (Lipinski definition) is 2. The summed E-state index contributed by atoms with van der Waals surface area (Å²) in [5.41, 5.74) is 3.17. The van der Waals surface area contributed by atoms with Gasteiger partial charge in [0, 0.05) is 5.56 Å². The Morgan fingerprint density at radius 2 is 1.90 bits per heavy atom. The molecule has 1 atom stereocenters. The molecule has 3 heteroatoms. The molecule has 1 N–H and O–H groups in total. The summed E-state index contributed by atoms with van der Waals surface area (Å²) in [6.45, 7) is 1.60. The van der Waals surface area contributed by atoms with Gasteiger partial charge in [-0.25, -0.2) is 4.39 Å². The Balaban J connectivity index is 1.91. The Hall–Kier alpha value is -1.87. The first-order valence-electron chi connectivity index (χ1n) is 6.90. The monoisotopic (exact) mass is 272 g/mol. The standard InChI is InChI=1S/C17H17FO2/c1-11(19)16-10-14(18)6-8-17(16)20-15-7-5-12-3-2-4-13(12)9-15/h5-11,19H,2-4H2,1H3. The second-order valence-corrected chi connectivity index (χ2v) is 5.24. The van der Waals surface area contributed by atoms with E-state index in [-0.39, 0.29) is 5.82 Å². The van der Waals surface area contributed by atoms with Gasteiger partial charge in [0.05, 0.1) is 6.10 Å². The third-order valence-electron chi connectivity index (χ3n) is 3.72. The van der Waals surface area contributed by atoms with Gasteiger partial charge in [0.2, 0.25) is 0 Å². The molecule has 1 unspecified atom stereocenters. The lowest BCUT2D eigenvalue weighted by molar-refractivity contribution is 0.195. The maximum atomic E-state index is 13.3. The van der Waals surface area contributed by atoms with E-state index in [2.05, 4.69) is 6.07 Å². The summed E-state index contributed by atoms with van der Waals surface area (Å²) in [4.78, 5) is 0. The zero-order valence-corrected chi connectivity index (χ0v) is 11.4. The molecule has 0 aromatic heterocycles. The fraction of sp³-hybridized carbons (Fsp3) is 0.294. The Morgan fingerprint density at radius 3 is 2.70 bits per heavy atom. The highest BCUT2D eigenvalue weighted by Gasteiger charge is 2.14. The molecule has 1 aliphatic carbocycles. The molecule has 0 saturated carbocycles. The van der Waals surface area contributed by atoms with E-state index in [1.54, 1.807) is 13.0 Å². The van der Waals surface area contributed by atoms with Crippen LogP contribution in [0.5, 0.6) is 11.5 Å². The van der Waals surface area contributed by atoms with Gasteiger partial charge in [-0.15, -0.1) is 0 Å². The third kappa shape index (κ3) is 2.54. The van der Waals surface area contributed by atoms with E-state index in [0.717, 1.165) is 18.6 Å². The molecule has 0 aliphatic heterocycles. The molecule has 0 fully saturated rings. The summed E-state index contributed by atoms with van der Waals surface area (Å²) >= 11 is 0. The first-order valence-corrected chi connectivity index (χ1v) is 6.90. The first-order chi connectivity index (χ1) is 9.63. The summed E-state index contributed by atoms with van der Waals surface area (Å²) in [5.74, 6) is 0.862. The van der Waals surface area contributed by atoms with E-state index in [0.29, 0.717) is 11.3 Å². The topological polar surface area (TPSA) is 29.5 Å². The Bertz CT molecular complexity index is 635. The number of aryl methyl sites for hydroxylation is 2. The lowest BCUT2D eigenvalue weighted by Gasteiger charge is -2.14. The molecular formula is C17H17FO2. The molecule has 0 radical (unpaired) electrons. The molecule has 0 heterocycles. The number of hydrogen-bond donors (Lipinski definition) is 1. The molecule has 0 amide bonds. The van der Waals surface area contributed by atoms with Crippen LogP contribution in [0.1, 0.15) is 36.1 Å². The summed E-state index contributed by atoms with van der Waals surface area (Å²) in [5, 5.41) is 9.72. The molecule has 20 heavy (non-hydrogen) atoms. The summed E-state index contributed by atoms with van der Waals surface area (Å²) in [6.07, 6.45) is 2.63. The Kier molecular flexibility index (Phi) is 3.45. The van der Waals surface area contributed by atoms with Crippen LogP contribution < -0.4 is 4.74 Å². The molecular weight excluding hydrogens is 255 g/mol. The molecule has 3 rings (SSSR count). The van der Waals surface area contributed by atoms with Gasteiger partial charge in [0.25, 0.3) is 0 Å². The highest BCUT2D eigenvalue weighted by Crippen LogP contribution is 2.32. The van der Waals surface area contributed by atoms with Crippen molar-refractivity contribution in [3.05, 3.63) is 58.9 Å².